The Kier molecular flexibility index (Phi) is 3.66. The zero-order valence-electron chi connectivity index (χ0n) is 9.76. The minimum Gasteiger partial charge on any atom is -0.442 e. The summed E-state index contributed by atoms with van der Waals surface area (Å²) >= 11 is 0. The lowest BCUT2D eigenvalue weighted by molar-refractivity contribution is 0.0934. The molecule has 2 heterocycles. The van der Waals surface area contributed by atoms with Crippen LogP contribution in [0.3, 0.4) is 0 Å². The molecule has 5 nitrogen and oxygen atoms in total. The SMILES string of the molecule is CN1CCCCC1CN1C[C@H](CO)OC1=O. The number of cyclic esters (lactones) is 1. The number of amides is 1. The summed E-state index contributed by atoms with van der Waals surface area (Å²) in [6.07, 6.45) is 3.02. The highest BCUT2D eigenvalue weighted by molar-refractivity contribution is 5.69. The Morgan fingerprint density at radius 3 is 2.94 bits per heavy atom. The number of aliphatic hydroxyl groups is 1. The third-order valence-electron chi connectivity index (χ3n) is 3.51. The molecule has 0 aliphatic carbocycles. The van der Waals surface area contributed by atoms with Gasteiger partial charge in [-0.3, -0.25) is 0 Å². The van der Waals surface area contributed by atoms with Gasteiger partial charge in [0.15, 0.2) is 0 Å². The second-order valence-electron chi connectivity index (χ2n) is 4.72. The molecule has 2 aliphatic heterocycles. The van der Waals surface area contributed by atoms with Crippen LogP contribution in [0.2, 0.25) is 0 Å². The summed E-state index contributed by atoms with van der Waals surface area (Å²) in [5, 5.41) is 8.95. The number of likely N-dealkylation sites (tertiary alicyclic amines) is 1. The van der Waals surface area contributed by atoms with Crippen LogP contribution in [-0.4, -0.2) is 66.4 Å². The molecular weight excluding hydrogens is 208 g/mol. The smallest absolute Gasteiger partial charge is 0.410 e. The molecular formula is C11H20N2O3. The van der Waals surface area contributed by atoms with Gasteiger partial charge in [0.2, 0.25) is 0 Å². The van der Waals surface area contributed by atoms with Crippen LogP contribution in [0, 0.1) is 0 Å². The predicted molar refractivity (Wildman–Crippen MR) is 59.2 cm³/mol. The Morgan fingerprint density at radius 2 is 2.31 bits per heavy atom. The summed E-state index contributed by atoms with van der Waals surface area (Å²) in [5.41, 5.74) is 0. The van der Waals surface area contributed by atoms with E-state index in [9.17, 15) is 4.79 Å². The van der Waals surface area contributed by atoms with Crippen LogP contribution >= 0.6 is 0 Å². The molecule has 1 unspecified atom stereocenters. The molecule has 0 bridgehead atoms. The van der Waals surface area contributed by atoms with Gasteiger partial charge in [-0.05, 0) is 26.4 Å². The molecule has 0 aromatic rings. The van der Waals surface area contributed by atoms with Crippen LogP contribution in [0.25, 0.3) is 0 Å². The van der Waals surface area contributed by atoms with Gasteiger partial charge in [0.25, 0.3) is 0 Å². The molecule has 2 fully saturated rings. The number of aliphatic hydroxyl groups excluding tert-OH is 1. The van der Waals surface area contributed by atoms with Gasteiger partial charge < -0.3 is 19.6 Å². The summed E-state index contributed by atoms with van der Waals surface area (Å²) in [6.45, 7) is 2.28. The maximum Gasteiger partial charge on any atom is 0.410 e. The second-order valence-corrected chi connectivity index (χ2v) is 4.72. The van der Waals surface area contributed by atoms with E-state index < -0.39 is 0 Å². The van der Waals surface area contributed by atoms with Crippen LogP contribution in [0.15, 0.2) is 0 Å². The minimum atomic E-state index is -0.332. The quantitative estimate of drug-likeness (QED) is 0.754. The lowest BCUT2D eigenvalue weighted by Gasteiger charge is -2.34. The van der Waals surface area contributed by atoms with Crippen molar-refractivity contribution in [2.75, 3.05) is 33.3 Å². The van der Waals surface area contributed by atoms with Gasteiger partial charge in [-0.1, -0.05) is 6.42 Å². The van der Waals surface area contributed by atoms with Crippen molar-refractivity contribution >= 4 is 6.09 Å². The van der Waals surface area contributed by atoms with Crippen molar-refractivity contribution in [1.29, 1.82) is 0 Å². The third kappa shape index (κ3) is 2.47. The molecule has 2 atom stereocenters. The van der Waals surface area contributed by atoms with E-state index in [1.54, 1.807) is 4.90 Å². The van der Waals surface area contributed by atoms with Crippen molar-refractivity contribution < 1.29 is 14.6 Å². The summed E-state index contributed by atoms with van der Waals surface area (Å²) in [7, 11) is 2.11. The van der Waals surface area contributed by atoms with Crippen molar-refractivity contribution in [2.24, 2.45) is 0 Å². The van der Waals surface area contributed by atoms with Crippen LogP contribution in [-0.2, 0) is 4.74 Å². The minimum absolute atomic E-state index is 0.0806. The van der Waals surface area contributed by atoms with Crippen LogP contribution in [0.5, 0.6) is 0 Å². The molecule has 0 saturated carbocycles. The second kappa shape index (κ2) is 5.01. The lowest BCUT2D eigenvalue weighted by Crippen LogP contribution is -2.45. The molecule has 2 aliphatic rings. The molecule has 1 N–H and O–H groups in total. The molecule has 5 heteroatoms. The van der Waals surface area contributed by atoms with E-state index in [1.807, 2.05) is 0 Å². The first-order valence-electron chi connectivity index (χ1n) is 5.97. The monoisotopic (exact) mass is 228 g/mol. The average Bonchev–Trinajstić information content (AvgIpc) is 2.63. The summed E-state index contributed by atoms with van der Waals surface area (Å²) in [6, 6.07) is 0.443. The number of hydrogen-bond donors (Lipinski definition) is 1. The first-order valence-corrected chi connectivity index (χ1v) is 5.97. The first-order chi connectivity index (χ1) is 7.70. The maximum atomic E-state index is 11.5. The summed E-state index contributed by atoms with van der Waals surface area (Å²) in [5.74, 6) is 0. The first kappa shape index (κ1) is 11.7. The van der Waals surface area contributed by atoms with Gasteiger partial charge in [-0.15, -0.1) is 0 Å². The topological polar surface area (TPSA) is 53.0 Å². The number of piperidine rings is 1. The van der Waals surface area contributed by atoms with E-state index >= 15 is 0 Å². The van der Waals surface area contributed by atoms with Gasteiger partial charge >= 0.3 is 6.09 Å². The molecule has 0 radical (unpaired) electrons. The molecule has 0 aromatic carbocycles. The number of carbonyl (C=O) groups excluding carboxylic acids is 1. The summed E-state index contributed by atoms with van der Waals surface area (Å²) < 4.78 is 5.02. The van der Waals surface area contributed by atoms with Crippen molar-refractivity contribution in [3.8, 4) is 0 Å². The summed E-state index contributed by atoms with van der Waals surface area (Å²) in [4.78, 5) is 15.5. The van der Waals surface area contributed by atoms with Crippen LogP contribution in [0.4, 0.5) is 4.79 Å². The Bertz CT molecular complexity index is 260. The van der Waals surface area contributed by atoms with E-state index in [0.29, 0.717) is 12.6 Å². The Balaban J connectivity index is 1.86. The fourth-order valence-corrected chi connectivity index (χ4v) is 2.45. The third-order valence-corrected chi connectivity index (χ3v) is 3.51. The fourth-order valence-electron chi connectivity index (χ4n) is 2.45. The average molecular weight is 228 g/mol. The molecule has 92 valence electrons. The lowest BCUT2D eigenvalue weighted by atomic mass is 10.0. The van der Waals surface area contributed by atoms with Gasteiger partial charge in [0.05, 0.1) is 13.2 Å². The van der Waals surface area contributed by atoms with Gasteiger partial charge in [0.1, 0.15) is 6.10 Å². The van der Waals surface area contributed by atoms with Gasteiger partial charge in [-0.25, -0.2) is 4.79 Å². The van der Waals surface area contributed by atoms with E-state index in [4.69, 9.17) is 9.84 Å². The fraction of sp³-hybridized carbons (Fsp3) is 0.909. The van der Waals surface area contributed by atoms with Crippen molar-refractivity contribution in [3.63, 3.8) is 0 Å². The van der Waals surface area contributed by atoms with E-state index in [0.717, 1.165) is 19.5 Å². The van der Waals surface area contributed by atoms with E-state index in [-0.39, 0.29) is 18.8 Å². The van der Waals surface area contributed by atoms with Crippen LogP contribution < -0.4 is 0 Å². The molecule has 0 spiro atoms. The Morgan fingerprint density at radius 1 is 1.50 bits per heavy atom. The number of nitrogens with zero attached hydrogens (tertiary/aromatic N) is 2. The van der Waals surface area contributed by atoms with E-state index in [1.165, 1.54) is 12.8 Å². The van der Waals surface area contributed by atoms with Gasteiger partial charge in [-0.2, -0.15) is 0 Å². The number of hydrogen-bond acceptors (Lipinski definition) is 4. The van der Waals surface area contributed by atoms with Crippen molar-refractivity contribution in [3.05, 3.63) is 0 Å². The highest BCUT2D eigenvalue weighted by atomic mass is 16.6. The van der Waals surface area contributed by atoms with Gasteiger partial charge in [0, 0.05) is 12.6 Å². The number of carbonyl (C=O) groups is 1. The standard InChI is InChI=1S/C11H20N2O3/c1-12-5-3-2-4-9(12)6-13-7-10(8-14)16-11(13)15/h9-10,14H,2-8H2,1H3/t9?,10-/m1/s1. The zero-order valence-corrected chi connectivity index (χ0v) is 9.76. The molecule has 2 rings (SSSR count). The van der Waals surface area contributed by atoms with Crippen molar-refractivity contribution in [2.45, 2.75) is 31.4 Å². The van der Waals surface area contributed by atoms with E-state index in [2.05, 4.69) is 11.9 Å². The molecule has 16 heavy (non-hydrogen) atoms. The van der Waals surface area contributed by atoms with Crippen molar-refractivity contribution in [1.82, 2.24) is 9.80 Å². The number of ether oxygens (including phenoxy) is 1. The molecule has 2 saturated heterocycles. The maximum absolute atomic E-state index is 11.5. The Hall–Kier alpha value is -0.810. The largest absolute Gasteiger partial charge is 0.442 e. The highest BCUT2D eigenvalue weighted by Gasteiger charge is 2.33. The Labute approximate surface area is 96.0 Å². The van der Waals surface area contributed by atoms with Crippen LogP contribution in [0.1, 0.15) is 19.3 Å². The zero-order chi connectivity index (χ0) is 11.5. The predicted octanol–water partition coefficient (Wildman–Crippen LogP) is 0.284. The normalized spacial score (nSPS) is 31.9. The number of rotatable bonds is 3. The number of likely N-dealkylation sites (N-methyl/N-ethyl adjacent to an activating group) is 1. The molecule has 1 amide bonds. The highest BCUT2D eigenvalue weighted by Crippen LogP contribution is 2.19. The molecule has 0 aromatic heterocycles.